The van der Waals surface area contributed by atoms with Crippen LogP contribution in [0.4, 0.5) is 0 Å². The summed E-state index contributed by atoms with van der Waals surface area (Å²) in [5.41, 5.74) is 0.685. The molecule has 0 aromatic rings. The zero-order chi connectivity index (χ0) is 15.5. The Labute approximate surface area is 121 Å². The van der Waals surface area contributed by atoms with Crippen molar-refractivity contribution in [1.82, 2.24) is 0 Å². The van der Waals surface area contributed by atoms with Crippen LogP contribution in [-0.2, 0) is 0 Å². The number of hydrogen-bond donors (Lipinski definition) is 1. The fourth-order valence-corrected chi connectivity index (χ4v) is 3.23. The van der Waals surface area contributed by atoms with E-state index in [1.165, 1.54) is 6.42 Å². The molecule has 0 spiro atoms. The van der Waals surface area contributed by atoms with E-state index in [1.54, 1.807) is 0 Å². The third-order valence-corrected chi connectivity index (χ3v) is 3.33. The predicted octanol–water partition coefficient (Wildman–Crippen LogP) is 5.44. The van der Waals surface area contributed by atoms with Gasteiger partial charge in [0.25, 0.3) is 0 Å². The number of aliphatic hydroxyl groups excluding tert-OH is 1. The third-order valence-electron chi connectivity index (χ3n) is 3.33. The second-order valence-corrected chi connectivity index (χ2v) is 9.55. The lowest BCUT2D eigenvalue weighted by Gasteiger charge is -2.34. The maximum atomic E-state index is 9.41. The summed E-state index contributed by atoms with van der Waals surface area (Å²) >= 11 is 0. The van der Waals surface area contributed by atoms with E-state index in [4.69, 9.17) is 0 Å². The summed E-state index contributed by atoms with van der Waals surface area (Å²) in [6.45, 7) is 20.5. The summed E-state index contributed by atoms with van der Waals surface area (Å²) in [5.74, 6) is 0. The zero-order valence-corrected chi connectivity index (χ0v) is 14.7. The van der Waals surface area contributed by atoms with Crippen molar-refractivity contribution in [2.24, 2.45) is 21.7 Å². The van der Waals surface area contributed by atoms with E-state index in [9.17, 15) is 5.11 Å². The van der Waals surface area contributed by atoms with Gasteiger partial charge in [0.05, 0.1) is 0 Å². The molecule has 0 aromatic carbocycles. The van der Waals surface area contributed by atoms with Gasteiger partial charge in [-0.3, -0.25) is 0 Å². The average Bonchev–Trinajstić information content (AvgIpc) is 2.10. The number of allylic oxidation sites excluding steroid dienone is 2. The van der Waals surface area contributed by atoms with Crippen molar-refractivity contribution in [3.8, 4) is 0 Å². The van der Waals surface area contributed by atoms with Crippen molar-refractivity contribution >= 4 is 0 Å². The first-order chi connectivity index (χ1) is 8.18. The molecule has 0 amide bonds. The minimum absolute atomic E-state index is 0.0119. The Kier molecular flexibility index (Phi) is 5.90. The van der Waals surface area contributed by atoms with Gasteiger partial charge in [-0.15, -0.1) is 0 Å². The molecule has 0 rings (SSSR count). The van der Waals surface area contributed by atoms with Gasteiger partial charge in [-0.05, 0) is 34.5 Å². The van der Waals surface area contributed by atoms with Crippen molar-refractivity contribution in [1.29, 1.82) is 0 Å². The fourth-order valence-electron chi connectivity index (χ4n) is 3.23. The van der Waals surface area contributed by atoms with Gasteiger partial charge in [0, 0.05) is 6.61 Å². The third kappa shape index (κ3) is 9.27. The van der Waals surface area contributed by atoms with E-state index in [1.807, 2.05) is 0 Å². The molecule has 1 nitrogen and oxygen atoms in total. The predicted molar refractivity (Wildman–Crippen MR) is 86.3 cm³/mol. The quantitative estimate of drug-likeness (QED) is 0.636. The van der Waals surface area contributed by atoms with Gasteiger partial charge >= 0.3 is 0 Å². The molecule has 0 saturated carbocycles. The minimum atomic E-state index is -0.0119. The molecule has 0 saturated heterocycles. The Morgan fingerprint density at radius 2 is 1.05 bits per heavy atom. The van der Waals surface area contributed by atoms with Gasteiger partial charge in [0.2, 0.25) is 0 Å². The molecule has 0 bridgehead atoms. The minimum Gasteiger partial charge on any atom is -0.396 e. The Morgan fingerprint density at radius 1 is 0.684 bits per heavy atom. The zero-order valence-electron chi connectivity index (χ0n) is 14.7. The first-order valence-corrected chi connectivity index (χ1v) is 7.49. The summed E-state index contributed by atoms with van der Waals surface area (Å²) < 4.78 is 0. The van der Waals surface area contributed by atoms with Gasteiger partial charge in [-0.1, -0.05) is 74.5 Å². The van der Waals surface area contributed by atoms with Gasteiger partial charge in [0.1, 0.15) is 0 Å². The van der Waals surface area contributed by atoms with E-state index < -0.39 is 0 Å². The van der Waals surface area contributed by atoms with Gasteiger partial charge < -0.3 is 5.11 Å². The van der Waals surface area contributed by atoms with Gasteiger partial charge in [-0.25, -0.2) is 0 Å². The van der Waals surface area contributed by atoms with E-state index in [2.05, 4.69) is 74.5 Å². The average molecular weight is 268 g/mol. The Bertz CT molecular complexity index is 300. The maximum Gasteiger partial charge on any atom is 0.0482 e. The number of hydrogen-bond acceptors (Lipinski definition) is 1. The van der Waals surface area contributed by atoms with E-state index in [-0.39, 0.29) is 22.9 Å². The van der Waals surface area contributed by atoms with Crippen LogP contribution in [0.1, 0.15) is 75.2 Å². The fraction of sp³-hybridized carbons (Fsp3) is 0.889. The number of aliphatic hydroxyl groups is 1. The lowest BCUT2D eigenvalue weighted by molar-refractivity contribution is 0.119. The van der Waals surface area contributed by atoms with Crippen LogP contribution in [0.25, 0.3) is 0 Å². The van der Waals surface area contributed by atoms with Crippen LogP contribution in [0.3, 0.4) is 0 Å². The standard InChI is InChI=1S/C18H36O/c1-15(2,3)12-16(4,5)10-11-17(6,7)13-18(8,9)14-19/h10-11,19H,12-14H2,1-9H3/b11-10+. The number of rotatable bonds is 6. The molecule has 0 atom stereocenters. The van der Waals surface area contributed by atoms with Crippen LogP contribution in [0.5, 0.6) is 0 Å². The highest BCUT2D eigenvalue weighted by Gasteiger charge is 2.28. The molecule has 1 N–H and O–H groups in total. The Hall–Kier alpha value is -0.300. The van der Waals surface area contributed by atoms with Crippen LogP contribution < -0.4 is 0 Å². The second-order valence-electron chi connectivity index (χ2n) is 9.55. The largest absolute Gasteiger partial charge is 0.396 e. The smallest absolute Gasteiger partial charge is 0.0482 e. The Morgan fingerprint density at radius 3 is 1.37 bits per heavy atom. The molecule has 1 heteroatoms. The van der Waals surface area contributed by atoms with E-state index in [0.717, 1.165) is 6.42 Å². The molecule has 0 heterocycles. The highest BCUT2D eigenvalue weighted by molar-refractivity contribution is 5.04. The van der Waals surface area contributed by atoms with E-state index >= 15 is 0 Å². The molecule has 0 aliphatic carbocycles. The van der Waals surface area contributed by atoms with Crippen molar-refractivity contribution < 1.29 is 5.11 Å². The molecule has 19 heavy (non-hydrogen) atoms. The summed E-state index contributed by atoms with van der Waals surface area (Å²) in [4.78, 5) is 0. The summed E-state index contributed by atoms with van der Waals surface area (Å²) in [7, 11) is 0. The maximum absolute atomic E-state index is 9.41. The molecule has 0 radical (unpaired) electrons. The normalized spacial score (nSPS) is 15.3. The molecular formula is C18H36O. The Balaban J connectivity index is 4.77. The molecule has 114 valence electrons. The van der Waals surface area contributed by atoms with Crippen LogP contribution in [0.15, 0.2) is 12.2 Å². The van der Waals surface area contributed by atoms with E-state index in [0.29, 0.717) is 5.41 Å². The monoisotopic (exact) mass is 268 g/mol. The molecule has 0 aliphatic heterocycles. The summed E-state index contributed by atoms with van der Waals surface area (Å²) in [6.07, 6.45) is 6.89. The molecular weight excluding hydrogens is 232 g/mol. The van der Waals surface area contributed by atoms with Crippen molar-refractivity contribution in [2.45, 2.75) is 75.2 Å². The van der Waals surface area contributed by atoms with Crippen LogP contribution >= 0.6 is 0 Å². The van der Waals surface area contributed by atoms with Gasteiger partial charge in [-0.2, -0.15) is 0 Å². The molecule has 0 aliphatic rings. The van der Waals surface area contributed by atoms with Crippen molar-refractivity contribution in [3.63, 3.8) is 0 Å². The van der Waals surface area contributed by atoms with Crippen LogP contribution in [-0.4, -0.2) is 11.7 Å². The van der Waals surface area contributed by atoms with Crippen molar-refractivity contribution in [2.75, 3.05) is 6.61 Å². The molecule has 0 fully saturated rings. The van der Waals surface area contributed by atoms with Gasteiger partial charge in [0.15, 0.2) is 0 Å². The van der Waals surface area contributed by atoms with Crippen LogP contribution in [0.2, 0.25) is 0 Å². The first kappa shape index (κ1) is 18.7. The van der Waals surface area contributed by atoms with Crippen molar-refractivity contribution in [3.05, 3.63) is 12.2 Å². The summed E-state index contributed by atoms with van der Waals surface area (Å²) in [5, 5.41) is 9.41. The second kappa shape index (κ2) is 5.99. The SMILES string of the molecule is CC(C)(C)CC(C)(C)/C=C/C(C)(C)CC(C)(C)CO. The molecule has 0 unspecified atom stereocenters. The lowest BCUT2D eigenvalue weighted by Crippen LogP contribution is -2.25. The molecule has 0 aromatic heterocycles. The highest BCUT2D eigenvalue weighted by Crippen LogP contribution is 2.38. The first-order valence-electron chi connectivity index (χ1n) is 7.49. The topological polar surface area (TPSA) is 20.2 Å². The summed E-state index contributed by atoms with van der Waals surface area (Å²) in [6, 6.07) is 0. The lowest BCUT2D eigenvalue weighted by atomic mass is 9.72. The highest BCUT2D eigenvalue weighted by atomic mass is 16.3. The van der Waals surface area contributed by atoms with Crippen LogP contribution in [0, 0.1) is 21.7 Å².